The summed E-state index contributed by atoms with van der Waals surface area (Å²) in [5.74, 6) is -1.30. The fourth-order valence-electron chi connectivity index (χ4n) is 7.69. The molecule has 0 spiro atoms. The number of carbonyl (C=O) groups is 3. The Bertz CT molecular complexity index is 1230. The van der Waals surface area contributed by atoms with Crippen LogP contribution in [0.3, 0.4) is 0 Å². The van der Waals surface area contributed by atoms with Crippen molar-refractivity contribution in [1.29, 1.82) is 0 Å². The molecular formula is C39H68IO10PSi. The smallest absolute Gasteiger partial charge is 0.341 e. The Kier molecular flexibility index (Phi) is 22.3. The highest BCUT2D eigenvalue weighted by Crippen LogP contribution is 2.48. The summed E-state index contributed by atoms with van der Waals surface area (Å²) in [4.78, 5) is 37.0. The normalized spacial score (nSPS) is 21.0. The number of cyclic esters (lactones) is 1. The van der Waals surface area contributed by atoms with E-state index in [2.05, 4.69) is 64.1 Å². The van der Waals surface area contributed by atoms with Crippen LogP contribution in [0.25, 0.3) is 0 Å². The fourth-order valence-corrected chi connectivity index (χ4v) is 15.1. The zero-order valence-electron chi connectivity index (χ0n) is 34.0. The predicted molar refractivity (Wildman–Crippen MR) is 219 cm³/mol. The van der Waals surface area contributed by atoms with Crippen LogP contribution in [0.2, 0.25) is 16.6 Å². The molecule has 13 heteroatoms. The number of allylic oxidation sites excluding steroid dienone is 2. The van der Waals surface area contributed by atoms with E-state index in [0.717, 1.165) is 17.4 Å². The van der Waals surface area contributed by atoms with Crippen molar-refractivity contribution >= 4 is 56.7 Å². The van der Waals surface area contributed by atoms with Crippen molar-refractivity contribution in [3.05, 3.63) is 33.5 Å². The summed E-state index contributed by atoms with van der Waals surface area (Å²) in [5.41, 5.74) is 2.85. The lowest BCUT2D eigenvalue weighted by Crippen LogP contribution is -2.51. The Morgan fingerprint density at radius 3 is 2.06 bits per heavy atom. The summed E-state index contributed by atoms with van der Waals surface area (Å²) in [6, 6.07) is 0. The minimum absolute atomic E-state index is 0.00457. The van der Waals surface area contributed by atoms with Gasteiger partial charge in [0, 0.05) is 38.2 Å². The molecule has 1 rings (SSSR count). The molecule has 1 aliphatic heterocycles. The minimum Gasteiger partial charge on any atom is -0.462 e. The van der Waals surface area contributed by atoms with Gasteiger partial charge in [0.2, 0.25) is 8.32 Å². The molecule has 0 N–H and O–H groups in total. The van der Waals surface area contributed by atoms with E-state index >= 15 is 0 Å². The average molecular weight is 883 g/mol. The summed E-state index contributed by atoms with van der Waals surface area (Å²) in [7, 11) is -4.51. The average Bonchev–Trinajstić information content (AvgIpc) is 3.05. The Hall–Kier alpha value is -1.15. The molecule has 0 radical (unpaired) electrons. The molecule has 52 heavy (non-hydrogen) atoms. The van der Waals surface area contributed by atoms with E-state index in [1.807, 2.05) is 50.0 Å². The first-order chi connectivity index (χ1) is 24.4. The van der Waals surface area contributed by atoms with Gasteiger partial charge in [0.1, 0.15) is 24.7 Å². The van der Waals surface area contributed by atoms with Crippen molar-refractivity contribution in [3.63, 3.8) is 0 Å². The van der Waals surface area contributed by atoms with Gasteiger partial charge in [-0.25, -0.2) is 0 Å². The first-order valence-corrected chi connectivity index (χ1v) is 24.0. The zero-order valence-corrected chi connectivity index (χ0v) is 38.1. The van der Waals surface area contributed by atoms with Gasteiger partial charge in [-0.1, -0.05) is 96.2 Å². The van der Waals surface area contributed by atoms with Gasteiger partial charge in [0.25, 0.3) is 0 Å². The van der Waals surface area contributed by atoms with Crippen molar-refractivity contribution in [2.75, 3.05) is 26.5 Å². The third kappa shape index (κ3) is 14.5. The van der Waals surface area contributed by atoms with Gasteiger partial charge < -0.3 is 32.5 Å². The largest absolute Gasteiger partial charge is 0.462 e. The summed E-state index contributed by atoms with van der Waals surface area (Å²) in [6.45, 7) is 25.1. The van der Waals surface area contributed by atoms with Gasteiger partial charge in [-0.3, -0.25) is 14.2 Å². The molecule has 0 aromatic rings. The number of halogens is 1. The maximum Gasteiger partial charge on any atom is 0.341 e. The summed E-state index contributed by atoms with van der Waals surface area (Å²) in [5, 5.41) is 0. The Balaban J connectivity index is 3.71. The minimum atomic E-state index is -3.70. The van der Waals surface area contributed by atoms with Gasteiger partial charge in [0.05, 0.1) is 25.4 Å². The number of hydrogen-bond donors (Lipinski definition) is 0. The van der Waals surface area contributed by atoms with E-state index in [0.29, 0.717) is 35.9 Å². The van der Waals surface area contributed by atoms with Crippen LogP contribution >= 0.6 is 30.2 Å². The molecule has 0 aliphatic carbocycles. The highest BCUT2D eigenvalue weighted by atomic mass is 127. The van der Waals surface area contributed by atoms with Gasteiger partial charge in [-0.15, -0.1) is 0 Å². The third-order valence-electron chi connectivity index (χ3n) is 10.3. The monoisotopic (exact) mass is 882 g/mol. The van der Waals surface area contributed by atoms with Crippen LogP contribution in [0.4, 0.5) is 0 Å². The molecular weight excluding hydrogens is 814 g/mol. The highest BCUT2D eigenvalue weighted by molar-refractivity contribution is 14.1. The van der Waals surface area contributed by atoms with E-state index < -0.39 is 40.3 Å². The van der Waals surface area contributed by atoms with E-state index in [9.17, 15) is 18.9 Å². The van der Waals surface area contributed by atoms with Crippen molar-refractivity contribution in [3.8, 4) is 0 Å². The van der Waals surface area contributed by atoms with Crippen molar-refractivity contribution in [2.45, 2.75) is 150 Å². The Morgan fingerprint density at radius 2 is 1.58 bits per heavy atom. The third-order valence-corrected chi connectivity index (χ3v) is 19.3. The molecule has 7 atom stereocenters. The predicted octanol–water partition coefficient (Wildman–Crippen LogP) is 10.2. The summed E-state index contributed by atoms with van der Waals surface area (Å²) >= 11 is 2.19. The number of carbonyl (C=O) groups excluding carboxylic acids is 3. The molecule has 1 aliphatic rings. The van der Waals surface area contributed by atoms with Crippen LogP contribution in [-0.2, 0) is 46.6 Å². The van der Waals surface area contributed by atoms with Gasteiger partial charge in [0.15, 0.2) is 0 Å². The molecule has 0 aromatic carbocycles. The first-order valence-electron chi connectivity index (χ1n) is 18.9. The second-order valence-electron chi connectivity index (χ2n) is 15.1. The molecule has 0 unspecified atom stereocenters. The fraction of sp³-hybridized carbons (Fsp3) is 0.769. The molecule has 0 bridgehead atoms. The number of hydrogen-bond acceptors (Lipinski definition) is 10. The standard InChI is InChI=1S/C39H68IO10PSi/c1-14-46-51(44,47-15-2)25-38(43)49-36(32(12)39(45-13)31(11)24-40)23-35(50-52(26(3)4,27(5)6)28(7)8)30(10)18-16-17-29(9)34-21-33(19-20-41)22-37(42)48-34/h16-18,20,24,26-29,32-36,39H,14-15,19,21-23,25H2,1-13H3/b17-16+,30-18+,31-24+/t29-,32+,33-,34-,35+,36+,39+/m1/s1. The van der Waals surface area contributed by atoms with Crippen molar-refractivity contribution < 1.29 is 46.6 Å². The van der Waals surface area contributed by atoms with Crippen molar-refractivity contribution in [2.24, 2.45) is 17.8 Å². The molecule has 10 nitrogen and oxygen atoms in total. The molecule has 0 saturated carbocycles. The Morgan fingerprint density at radius 1 is 1.00 bits per heavy atom. The Labute approximate surface area is 329 Å². The van der Waals surface area contributed by atoms with E-state index in [1.54, 1.807) is 21.0 Å². The lowest BCUT2D eigenvalue weighted by molar-refractivity contribution is -0.159. The van der Waals surface area contributed by atoms with E-state index in [-0.39, 0.29) is 55.6 Å². The van der Waals surface area contributed by atoms with Gasteiger partial charge in [-0.05, 0) is 71.9 Å². The molecule has 300 valence electrons. The van der Waals surface area contributed by atoms with Crippen LogP contribution in [0.5, 0.6) is 0 Å². The van der Waals surface area contributed by atoms with Crippen LogP contribution in [0.1, 0.15) is 109 Å². The van der Waals surface area contributed by atoms with Crippen molar-refractivity contribution in [1.82, 2.24) is 0 Å². The lowest BCUT2D eigenvalue weighted by atomic mass is 9.87. The second-order valence-corrected chi connectivity index (χ2v) is 23.1. The quantitative estimate of drug-likeness (QED) is 0.0231. The van der Waals surface area contributed by atoms with Crippen LogP contribution in [0, 0.1) is 17.8 Å². The topological polar surface area (TPSA) is 124 Å². The summed E-state index contributed by atoms with van der Waals surface area (Å²) in [6.07, 6.45) is 6.25. The zero-order chi connectivity index (χ0) is 39.8. The lowest BCUT2D eigenvalue weighted by Gasteiger charge is -2.45. The first kappa shape index (κ1) is 48.9. The van der Waals surface area contributed by atoms with Crippen LogP contribution in [-0.4, -0.2) is 77.4 Å². The number of methoxy groups -OCH3 is 1. The maximum absolute atomic E-state index is 13.6. The SMILES string of the molecule is CCOP(=O)(CC(=O)O[C@@H](C[C@H](O[Si](C(C)C)(C(C)C)C(C)C)/C(C)=C/C=C/[C@@H](C)[C@H]1C[C@@H](CC=O)CC(=O)O1)[C@H](C)[C@@H](OC)/C(C)=C/I)OCC. The van der Waals surface area contributed by atoms with Gasteiger partial charge >= 0.3 is 19.5 Å². The molecule has 0 aromatic heterocycles. The number of rotatable bonds is 24. The maximum atomic E-state index is 13.6. The van der Waals surface area contributed by atoms with Gasteiger partial charge in [-0.2, -0.15) is 0 Å². The number of aldehydes is 1. The second kappa shape index (κ2) is 23.7. The van der Waals surface area contributed by atoms with E-state index in [4.69, 9.17) is 27.7 Å². The molecule has 1 saturated heterocycles. The summed E-state index contributed by atoms with van der Waals surface area (Å²) < 4.78 is 51.5. The number of esters is 2. The molecule has 1 heterocycles. The van der Waals surface area contributed by atoms with Crippen LogP contribution in [0.15, 0.2) is 33.5 Å². The highest BCUT2D eigenvalue weighted by Gasteiger charge is 2.48. The van der Waals surface area contributed by atoms with Crippen LogP contribution < -0.4 is 0 Å². The molecule has 1 fully saturated rings. The number of ether oxygens (including phenoxy) is 3. The molecule has 0 amide bonds. The van der Waals surface area contributed by atoms with E-state index in [1.165, 1.54) is 0 Å².